The SMILES string of the molecule is Cc1nc(Nc2nc(CSc3nnnn3-c3ccccc3)cc(=O)[nH]2)nc2c(C)cccc12. The highest BCUT2D eigenvalue weighted by Gasteiger charge is 2.12. The largest absolute Gasteiger partial charge is 0.294 e. The van der Waals surface area contributed by atoms with Crippen molar-refractivity contribution < 1.29 is 0 Å². The number of aromatic amines is 1. The van der Waals surface area contributed by atoms with Gasteiger partial charge in [0.15, 0.2) is 0 Å². The predicted octanol–water partition coefficient (Wildman–Crippen LogP) is 3.34. The van der Waals surface area contributed by atoms with E-state index < -0.39 is 0 Å². The van der Waals surface area contributed by atoms with Crippen molar-refractivity contribution in [1.29, 1.82) is 0 Å². The summed E-state index contributed by atoms with van der Waals surface area (Å²) < 4.78 is 1.64. The van der Waals surface area contributed by atoms with E-state index in [9.17, 15) is 4.79 Å². The van der Waals surface area contributed by atoms with Gasteiger partial charge in [0.05, 0.1) is 22.6 Å². The van der Waals surface area contributed by atoms with E-state index in [1.165, 1.54) is 17.8 Å². The molecule has 3 heterocycles. The number of tetrazole rings is 1. The van der Waals surface area contributed by atoms with Gasteiger partial charge in [-0.05, 0) is 42.0 Å². The molecule has 0 radical (unpaired) electrons. The summed E-state index contributed by atoms with van der Waals surface area (Å²) in [7, 11) is 0. The van der Waals surface area contributed by atoms with Crippen LogP contribution in [-0.4, -0.2) is 40.1 Å². The van der Waals surface area contributed by atoms with Crippen molar-refractivity contribution in [2.75, 3.05) is 5.32 Å². The van der Waals surface area contributed by atoms with Crippen LogP contribution in [0.3, 0.4) is 0 Å². The van der Waals surface area contributed by atoms with Gasteiger partial charge < -0.3 is 0 Å². The van der Waals surface area contributed by atoms with Crippen LogP contribution in [0.4, 0.5) is 11.9 Å². The first-order chi connectivity index (χ1) is 16.1. The summed E-state index contributed by atoms with van der Waals surface area (Å²) in [6, 6.07) is 17.0. The summed E-state index contributed by atoms with van der Waals surface area (Å²) in [5.74, 6) is 1.05. The molecule has 33 heavy (non-hydrogen) atoms. The van der Waals surface area contributed by atoms with Gasteiger partial charge in [-0.15, -0.1) is 5.10 Å². The van der Waals surface area contributed by atoms with Crippen molar-refractivity contribution in [3.8, 4) is 5.69 Å². The van der Waals surface area contributed by atoms with Crippen LogP contribution < -0.4 is 10.9 Å². The molecule has 5 rings (SSSR count). The van der Waals surface area contributed by atoms with Crippen LogP contribution in [-0.2, 0) is 5.75 Å². The fraction of sp³-hybridized carbons (Fsp3) is 0.136. The van der Waals surface area contributed by atoms with Crippen LogP contribution in [0, 0.1) is 13.8 Å². The number of hydrogen-bond donors (Lipinski definition) is 2. The number of anilines is 2. The number of nitrogens with one attached hydrogen (secondary N) is 2. The fourth-order valence-electron chi connectivity index (χ4n) is 3.39. The van der Waals surface area contributed by atoms with E-state index in [1.807, 2.05) is 62.4 Å². The molecule has 10 nitrogen and oxygen atoms in total. The van der Waals surface area contributed by atoms with E-state index in [4.69, 9.17) is 0 Å². The quantitative estimate of drug-likeness (QED) is 0.369. The maximum Gasteiger partial charge on any atom is 0.252 e. The predicted molar refractivity (Wildman–Crippen MR) is 126 cm³/mol. The first kappa shape index (κ1) is 20.8. The lowest BCUT2D eigenvalue weighted by Crippen LogP contribution is -2.13. The van der Waals surface area contributed by atoms with Crippen LogP contribution in [0.2, 0.25) is 0 Å². The van der Waals surface area contributed by atoms with Crippen molar-refractivity contribution in [3.05, 3.63) is 81.9 Å². The Balaban J connectivity index is 1.38. The van der Waals surface area contributed by atoms with Gasteiger partial charge in [-0.1, -0.05) is 48.2 Å². The number of aryl methyl sites for hydroxylation is 2. The minimum atomic E-state index is -0.278. The third kappa shape index (κ3) is 4.44. The molecule has 0 aliphatic carbocycles. The maximum absolute atomic E-state index is 12.3. The molecule has 0 fully saturated rings. The summed E-state index contributed by atoms with van der Waals surface area (Å²) in [4.78, 5) is 28.6. The molecule has 0 aliphatic heterocycles. The number of hydrogen-bond acceptors (Lipinski definition) is 9. The molecule has 2 aromatic carbocycles. The van der Waals surface area contributed by atoms with Gasteiger partial charge in [0.2, 0.25) is 17.1 Å². The van der Waals surface area contributed by atoms with Crippen molar-refractivity contribution >= 4 is 34.6 Å². The Bertz CT molecular complexity index is 1500. The van der Waals surface area contributed by atoms with Crippen LogP contribution in [0.1, 0.15) is 17.0 Å². The molecular formula is C22H19N9OS. The van der Waals surface area contributed by atoms with E-state index in [2.05, 4.69) is 40.8 Å². The molecule has 0 aliphatic rings. The number of benzene rings is 2. The van der Waals surface area contributed by atoms with E-state index in [0.29, 0.717) is 22.6 Å². The number of H-pyrrole nitrogens is 1. The van der Waals surface area contributed by atoms with Gasteiger partial charge >= 0.3 is 0 Å². The molecule has 0 bridgehead atoms. The molecular weight excluding hydrogens is 438 g/mol. The Hall–Kier alpha value is -4.12. The summed E-state index contributed by atoms with van der Waals surface area (Å²) in [5.41, 5.74) is 3.89. The lowest BCUT2D eigenvalue weighted by molar-refractivity contribution is 0.756. The van der Waals surface area contributed by atoms with E-state index in [0.717, 1.165) is 27.8 Å². The molecule has 3 aromatic heterocycles. The van der Waals surface area contributed by atoms with Crippen LogP contribution in [0.25, 0.3) is 16.6 Å². The van der Waals surface area contributed by atoms with Crippen molar-refractivity contribution in [3.63, 3.8) is 0 Å². The molecule has 2 N–H and O–H groups in total. The van der Waals surface area contributed by atoms with Gasteiger partial charge in [-0.25, -0.2) is 15.0 Å². The molecule has 164 valence electrons. The summed E-state index contributed by atoms with van der Waals surface area (Å²) in [6.45, 7) is 3.92. The number of para-hydroxylation sites is 2. The second-order valence-electron chi connectivity index (χ2n) is 7.31. The first-order valence-corrected chi connectivity index (χ1v) is 11.1. The zero-order chi connectivity index (χ0) is 22.8. The molecule has 0 amide bonds. The minimum Gasteiger partial charge on any atom is -0.294 e. The van der Waals surface area contributed by atoms with Gasteiger partial charge in [-0.3, -0.25) is 15.1 Å². The first-order valence-electron chi connectivity index (χ1n) is 10.1. The number of aromatic nitrogens is 8. The normalized spacial score (nSPS) is 11.1. The third-order valence-corrected chi connectivity index (χ3v) is 5.89. The van der Waals surface area contributed by atoms with Gasteiger partial charge in [0, 0.05) is 17.2 Å². The van der Waals surface area contributed by atoms with Gasteiger partial charge in [-0.2, -0.15) is 4.68 Å². The highest BCUT2D eigenvalue weighted by atomic mass is 32.2. The van der Waals surface area contributed by atoms with Crippen LogP contribution in [0.15, 0.2) is 64.5 Å². The molecule has 0 spiro atoms. The average Bonchev–Trinajstić information content (AvgIpc) is 3.27. The Morgan fingerprint density at radius 1 is 1.03 bits per heavy atom. The number of fused-ring (bicyclic) bond motifs is 1. The lowest BCUT2D eigenvalue weighted by atomic mass is 10.1. The Labute approximate surface area is 192 Å². The summed E-state index contributed by atoms with van der Waals surface area (Å²) in [6.07, 6.45) is 0. The molecule has 0 saturated heterocycles. The third-order valence-electron chi connectivity index (χ3n) is 4.93. The smallest absolute Gasteiger partial charge is 0.252 e. The van der Waals surface area contributed by atoms with E-state index in [-0.39, 0.29) is 11.5 Å². The van der Waals surface area contributed by atoms with Gasteiger partial charge in [0.25, 0.3) is 5.56 Å². The van der Waals surface area contributed by atoms with Crippen LogP contribution in [0.5, 0.6) is 0 Å². The highest BCUT2D eigenvalue weighted by Crippen LogP contribution is 2.23. The molecule has 0 saturated carbocycles. The molecule has 0 unspecified atom stereocenters. The van der Waals surface area contributed by atoms with Crippen LogP contribution >= 0.6 is 11.8 Å². The second-order valence-corrected chi connectivity index (χ2v) is 8.25. The van der Waals surface area contributed by atoms with E-state index in [1.54, 1.807) is 4.68 Å². The average molecular weight is 458 g/mol. The lowest BCUT2D eigenvalue weighted by Gasteiger charge is -2.09. The zero-order valence-corrected chi connectivity index (χ0v) is 18.7. The van der Waals surface area contributed by atoms with E-state index >= 15 is 0 Å². The van der Waals surface area contributed by atoms with Gasteiger partial charge in [0.1, 0.15) is 0 Å². The molecule has 5 aromatic rings. The Morgan fingerprint density at radius 3 is 2.73 bits per heavy atom. The standard InChI is InChI=1S/C22H19N9OS/c1-13-7-6-10-17-14(2)23-20(26-19(13)17)27-21-24-15(11-18(32)25-21)12-33-22-28-29-30-31(22)16-8-4-3-5-9-16/h3-11H,12H2,1-2H3,(H2,23,24,25,26,27,32). The Morgan fingerprint density at radius 2 is 1.88 bits per heavy atom. The topological polar surface area (TPSA) is 127 Å². The maximum atomic E-state index is 12.3. The Kier molecular flexibility index (Phi) is 5.53. The number of thioether (sulfide) groups is 1. The fourth-order valence-corrected chi connectivity index (χ4v) is 4.17. The molecule has 11 heteroatoms. The summed E-state index contributed by atoms with van der Waals surface area (Å²) >= 11 is 1.38. The summed E-state index contributed by atoms with van der Waals surface area (Å²) in [5, 5.41) is 16.5. The minimum absolute atomic E-state index is 0.271. The van der Waals surface area contributed by atoms with Crippen molar-refractivity contribution in [2.24, 2.45) is 0 Å². The molecule has 0 atom stereocenters. The number of rotatable bonds is 6. The van der Waals surface area contributed by atoms with Crippen molar-refractivity contribution in [2.45, 2.75) is 24.8 Å². The monoisotopic (exact) mass is 457 g/mol. The zero-order valence-electron chi connectivity index (χ0n) is 17.9. The van der Waals surface area contributed by atoms with Crippen molar-refractivity contribution in [1.82, 2.24) is 40.1 Å². The highest BCUT2D eigenvalue weighted by molar-refractivity contribution is 7.98. The second kappa shape index (κ2) is 8.79. The number of nitrogens with zero attached hydrogens (tertiary/aromatic N) is 7.